The molecule has 4 heteroatoms. The Balaban J connectivity index is 1.96. The zero-order chi connectivity index (χ0) is 11.4. The minimum atomic E-state index is -0.369. The molecule has 0 bridgehead atoms. The van der Waals surface area contributed by atoms with Crippen LogP contribution in [0.5, 0.6) is 0 Å². The number of rotatable bonds is 3. The van der Waals surface area contributed by atoms with Crippen LogP contribution >= 0.6 is 0 Å². The molecule has 1 saturated heterocycles. The second-order valence-corrected chi connectivity index (χ2v) is 4.40. The zero-order valence-electron chi connectivity index (χ0n) is 9.39. The summed E-state index contributed by atoms with van der Waals surface area (Å²) in [4.78, 5) is 4.03. The molecule has 0 saturated carbocycles. The van der Waals surface area contributed by atoms with Crippen LogP contribution < -0.4 is 11.1 Å². The van der Waals surface area contributed by atoms with Gasteiger partial charge in [-0.25, -0.2) is 0 Å². The monoisotopic (exact) mass is 221 g/mol. The number of nitrogen functional groups attached to an aromatic ring is 1. The highest BCUT2D eigenvalue weighted by Gasteiger charge is 2.21. The maximum Gasteiger partial charge on any atom is 0.0734 e. The summed E-state index contributed by atoms with van der Waals surface area (Å²) < 4.78 is 0. The van der Waals surface area contributed by atoms with E-state index in [1.807, 2.05) is 0 Å². The first-order valence-electron chi connectivity index (χ1n) is 5.87. The highest BCUT2D eigenvalue weighted by molar-refractivity contribution is 5.44. The van der Waals surface area contributed by atoms with Gasteiger partial charge in [-0.2, -0.15) is 0 Å². The summed E-state index contributed by atoms with van der Waals surface area (Å²) in [6.07, 6.45) is 7.06. The lowest BCUT2D eigenvalue weighted by atomic mass is 9.95. The zero-order valence-corrected chi connectivity index (χ0v) is 9.39. The quantitative estimate of drug-likeness (QED) is 0.703. The number of piperidine rings is 1. The molecule has 1 aromatic rings. The highest BCUT2D eigenvalue weighted by Crippen LogP contribution is 2.17. The average Bonchev–Trinajstić information content (AvgIpc) is 2.33. The molecule has 4 nitrogen and oxygen atoms in total. The Kier molecular flexibility index (Phi) is 3.74. The third kappa shape index (κ3) is 2.71. The van der Waals surface area contributed by atoms with E-state index in [1.54, 1.807) is 18.5 Å². The smallest absolute Gasteiger partial charge is 0.0734 e. The lowest BCUT2D eigenvalue weighted by Gasteiger charge is -2.28. The van der Waals surface area contributed by atoms with Gasteiger partial charge >= 0.3 is 0 Å². The van der Waals surface area contributed by atoms with E-state index in [9.17, 15) is 5.11 Å². The van der Waals surface area contributed by atoms with Crippen LogP contribution in [-0.4, -0.2) is 28.8 Å². The maximum atomic E-state index is 10.1. The molecule has 1 aromatic heterocycles. The van der Waals surface area contributed by atoms with Crippen LogP contribution in [0.2, 0.25) is 0 Å². The van der Waals surface area contributed by atoms with Gasteiger partial charge in [0.15, 0.2) is 0 Å². The standard InChI is InChI=1S/C12H19N3O/c13-10-4-6-14-8-9(10)7-12(16)11-3-1-2-5-15-11/h4,6,8,11-12,15-16H,1-3,5,7H2,(H2,13,14). The van der Waals surface area contributed by atoms with E-state index in [1.165, 1.54) is 12.8 Å². The van der Waals surface area contributed by atoms with Gasteiger partial charge in [-0.15, -0.1) is 0 Å². The van der Waals surface area contributed by atoms with Gasteiger partial charge in [-0.3, -0.25) is 4.98 Å². The van der Waals surface area contributed by atoms with Gasteiger partial charge in [0, 0.05) is 30.5 Å². The van der Waals surface area contributed by atoms with E-state index in [0.29, 0.717) is 12.1 Å². The van der Waals surface area contributed by atoms with Gasteiger partial charge in [0.05, 0.1) is 6.10 Å². The van der Waals surface area contributed by atoms with Crippen molar-refractivity contribution in [1.82, 2.24) is 10.3 Å². The van der Waals surface area contributed by atoms with Gasteiger partial charge in [-0.05, 0) is 31.0 Å². The van der Waals surface area contributed by atoms with Crippen molar-refractivity contribution in [3.63, 3.8) is 0 Å². The van der Waals surface area contributed by atoms with E-state index >= 15 is 0 Å². The first-order valence-corrected chi connectivity index (χ1v) is 5.87. The molecule has 0 amide bonds. The molecule has 16 heavy (non-hydrogen) atoms. The molecule has 2 rings (SSSR count). The number of nitrogens with two attached hydrogens (primary N) is 1. The predicted octanol–water partition coefficient (Wildman–Crippen LogP) is 0.709. The molecule has 4 N–H and O–H groups in total. The Hall–Kier alpha value is -1.13. The second kappa shape index (κ2) is 5.27. The topological polar surface area (TPSA) is 71.2 Å². The first-order chi connectivity index (χ1) is 7.77. The van der Waals surface area contributed by atoms with Gasteiger partial charge in [-0.1, -0.05) is 6.42 Å². The number of hydrogen-bond donors (Lipinski definition) is 3. The number of anilines is 1. The molecule has 1 aliphatic rings. The largest absolute Gasteiger partial charge is 0.398 e. The fraction of sp³-hybridized carbons (Fsp3) is 0.583. The highest BCUT2D eigenvalue weighted by atomic mass is 16.3. The van der Waals surface area contributed by atoms with Crippen LogP contribution in [-0.2, 0) is 6.42 Å². The average molecular weight is 221 g/mol. The SMILES string of the molecule is Nc1ccncc1CC(O)C1CCCCN1. The van der Waals surface area contributed by atoms with Crippen molar-refractivity contribution in [2.45, 2.75) is 37.8 Å². The van der Waals surface area contributed by atoms with Gasteiger partial charge in [0.2, 0.25) is 0 Å². The third-order valence-electron chi connectivity index (χ3n) is 3.18. The van der Waals surface area contributed by atoms with E-state index in [-0.39, 0.29) is 12.1 Å². The van der Waals surface area contributed by atoms with Gasteiger partial charge < -0.3 is 16.2 Å². The van der Waals surface area contributed by atoms with E-state index < -0.39 is 0 Å². The molecule has 1 fully saturated rings. The number of aliphatic hydroxyl groups excluding tert-OH is 1. The summed E-state index contributed by atoms with van der Waals surface area (Å²) in [5.74, 6) is 0. The predicted molar refractivity (Wildman–Crippen MR) is 64.0 cm³/mol. The number of aliphatic hydroxyl groups is 1. The molecule has 0 aromatic carbocycles. The summed E-state index contributed by atoms with van der Waals surface area (Å²) in [5, 5.41) is 13.5. The number of pyridine rings is 1. The minimum Gasteiger partial charge on any atom is -0.398 e. The number of nitrogens with one attached hydrogen (secondary N) is 1. The lowest BCUT2D eigenvalue weighted by Crippen LogP contribution is -2.44. The number of aromatic nitrogens is 1. The van der Waals surface area contributed by atoms with Crippen molar-refractivity contribution in [2.24, 2.45) is 0 Å². The normalized spacial score (nSPS) is 22.9. The Morgan fingerprint density at radius 2 is 2.44 bits per heavy atom. The van der Waals surface area contributed by atoms with E-state index in [4.69, 9.17) is 5.73 Å². The van der Waals surface area contributed by atoms with Crippen molar-refractivity contribution < 1.29 is 5.11 Å². The molecule has 0 aliphatic carbocycles. The molecule has 1 aliphatic heterocycles. The molecule has 2 unspecified atom stereocenters. The molecule has 0 spiro atoms. The molecule has 2 heterocycles. The van der Waals surface area contributed by atoms with Crippen molar-refractivity contribution in [1.29, 1.82) is 0 Å². The Morgan fingerprint density at radius 3 is 3.12 bits per heavy atom. The lowest BCUT2D eigenvalue weighted by molar-refractivity contribution is 0.113. The molecular weight excluding hydrogens is 202 g/mol. The fourth-order valence-corrected chi connectivity index (χ4v) is 2.18. The Labute approximate surface area is 95.9 Å². The molecular formula is C12H19N3O. The van der Waals surface area contributed by atoms with Crippen LogP contribution in [0.15, 0.2) is 18.5 Å². The minimum absolute atomic E-state index is 0.202. The van der Waals surface area contributed by atoms with E-state index in [0.717, 1.165) is 18.5 Å². The third-order valence-corrected chi connectivity index (χ3v) is 3.18. The fourth-order valence-electron chi connectivity index (χ4n) is 2.18. The molecule has 88 valence electrons. The summed E-state index contributed by atoms with van der Waals surface area (Å²) in [6.45, 7) is 1.00. The summed E-state index contributed by atoms with van der Waals surface area (Å²) in [5.41, 5.74) is 7.47. The second-order valence-electron chi connectivity index (χ2n) is 4.40. The van der Waals surface area contributed by atoms with Crippen LogP contribution in [0.3, 0.4) is 0 Å². The number of hydrogen-bond acceptors (Lipinski definition) is 4. The Morgan fingerprint density at radius 1 is 1.56 bits per heavy atom. The van der Waals surface area contributed by atoms with Crippen molar-refractivity contribution in [3.8, 4) is 0 Å². The van der Waals surface area contributed by atoms with Crippen LogP contribution in [0.1, 0.15) is 24.8 Å². The Bertz CT molecular complexity index is 337. The van der Waals surface area contributed by atoms with Gasteiger partial charge in [0.25, 0.3) is 0 Å². The van der Waals surface area contributed by atoms with Crippen LogP contribution in [0, 0.1) is 0 Å². The summed E-state index contributed by atoms with van der Waals surface area (Å²) >= 11 is 0. The molecule has 0 radical (unpaired) electrons. The van der Waals surface area contributed by atoms with Crippen molar-refractivity contribution >= 4 is 5.69 Å². The first kappa shape index (κ1) is 11.4. The maximum absolute atomic E-state index is 10.1. The van der Waals surface area contributed by atoms with Crippen molar-refractivity contribution in [2.75, 3.05) is 12.3 Å². The van der Waals surface area contributed by atoms with E-state index in [2.05, 4.69) is 10.3 Å². The van der Waals surface area contributed by atoms with Crippen molar-refractivity contribution in [3.05, 3.63) is 24.0 Å². The molecule has 2 atom stereocenters. The van der Waals surface area contributed by atoms with Crippen LogP contribution in [0.25, 0.3) is 0 Å². The number of nitrogens with zero attached hydrogens (tertiary/aromatic N) is 1. The summed E-state index contributed by atoms with van der Waals surface area (Å²) in [7, 11) is 0. The summed E-state index contributed by atoms with van der Waals surface area (Å²) in [6, 6.07) is 1.98. The van der Waals surface area contributed by atoms with Gasteiger partial charge in [0.1, 0.15) is 0 Å². The van der Waals surface area contributed by atoms with Crippen LogP contribution in [0.4, 0.5) is 5.69 Å².